The number of hydrogen-bond donors (Lipinski definition) is 3. The van der Waals surface area contributed by atoms with Gasteiger partial charge in [-0.1, -0.05) is 127 Å². The second-order valence-corrected chi connectivity index (χ2v) is 15.7. The molecule has 0 aliphatic heterocycles. The SMILES string of the molecule is CCCC/C=C/CC/C=C/CC/C=C/C(O)C(COP(=O)(O)OCC[N+](C)(C)C)NC(=O)CCCCCCCCC/C=C\CCCCCC. The normalized spacial score (nSPS) is 15.2. The summed E-state index contributed by atoms with van der Waals surface area (Å²) in [5, 5.41) is 13.7. The van der Waals surface area contributed by atoms with Gasteiger partial charge in [-0.25, -0.2) is 4.57 Å². The molecule has 0 aromatic rings. The molecule has 1 amide bonds. The molecular formula is C40H76N2O6P+. The van der Waals surface area contributed by atoms with E-state index in [2.05, 4.69) is 55.6 Å². The molecule has 0 rings (SSSR count). The van der Waals surface area contributed by atoms with Crippen LogP contribution < -0.4 is 5.32 Å². The highest BCUT2D eigenvalue weighted by Gasteiger charge is 2.27. The van der Waals surface area contributed by atoms with E-state index in [0.717, 1.165) is 51.4 Å². The lowest BCUT2D eigenvalue weighted by Crippen LogP contribution is -2.45. The number of nitrogens with one attached hydrogen (secondary N) is 1. The maximum atomic E-state index is 12.8. The minimum absolute atomic E-state index is 0.0513. The lowest BCUT2D eigenvalue weighted by Gasteiger charge is -2.25. The van der Waals surface area contributed by atoms with Crippen molar-refractivity contribution in [2.24, 2.45) is 0 Å². The predicted molar refractivity (Wildman–Crippen MR) is 207 cm³/mol. The molecule has 8 nitrogen and oxygen atoms in total. The third kappa shape index (κ3) is 34.7. The number of nitrogens with zero attached hydrogens (tertiary/aromatic N) is 1. The van der Waals surface area contributed by atoms with E-state index < -0.39 is 20.0 Å². The van der Waals surface area contributed by atoms with Crippen molar-refractivity contribution in [1.82, 2.24) is 5.32 Å². The summed E-state index contributed by atoms with van der Waals surface area (Å²) in [5.74, 6) is -0.201. The lowest BCUT2D eigenvalue weighted by atomic mass is 10.1. The molecule has 0 fully saturated rings. The molecule has 9 heteroatoms. The molecule has 0 aliphatic carbocycles. The summed E-state index contributed by atoms with van der Waals surface area (Å²) in [6.45, 7) is 4.69. The number of phosphoric ester groups is 1. The maximum Gasteiger partial charge on any atom is 0.472 e. The van der Waals surface area contributed by atoms with Crippen LogP contribution in [0.5, 0.6) is 0 Å². The first-order chi connectivity index (χ1) is 23.5. The van der Waals surface area contributed by atoms with Crippen molar-refractivity contribution in [2.75, 3.05) is 40.9 Å². The van der Waals surface area contributed by atoms with Gasteiger partial charge < -0.3 is 19.8 Å². The Kier molecular flexibility index (Phi) is 31.4. The van der Waals surface area contributed by atoms with Gasteiger partial charge in [-0.05, 0) is 64.2 Å². The zero-order valence-electron chi connectivity index (χ0n) is 32.2. The largest absolute Gasteiger partial charge is 0.472 e. The number of carbonyl (C=O) groups is 1. The van der Waals surface area contributed by atoms with E-state index in [0.29, 0.717) is 17.4 Å². The van der Waals surface area contributed by atoms with Crippen molar-refractivity contribution in [3.8, 4) is 0 Å². The van der Waals surface area contributed by atoms with Crippen LogP contribution in [0.25, 0.3) is 0 Å². The zero-order chi connectivity index (χ0) is 36.5. The number of rotatable bonds is 34. The highest BCUT2D eigenvalue weighted by molar-refractivity contribution is 7.47. The van der Waals surface area contributed by atoms with E-state index in [4.69, 9.17) is 9.05 Å². The summed E-state index contributed by atoms with van der Waals surface area (Å²) in [6.07, 6.45) is 38.9. The number of allylic oxidation sites excluding steroid dienone is 7. The fourth-order valence-electron chi connectivity index (χ4n) is 5.05. The molecule has 0 aliphatic rings. The van der Waals surface area contributed by atoms with Crippen LogP contribution in [0.2, 0.25) is 0 Å². The first-order valence-electron chi connectivity index (χ1n) is 19.5. The predicted octanol–water partition coefficient (Wildman–Crippen LogP) is 10.1. The van der Waals surface area contributed by atoms with Gasteiger partial charge in [0.2, 0.25) is 5.91 Å². The first kappa shape index (κ1) is 47.5. The molecule has 0 saturated carbocycles. The Morgan fingerprint density at radius 2 is 1.14 bits per heavy atom. The molecule has 0 radical (unpaired) electrons. The van der Waals surface area contributed by atoms with Crippen LogP contribution >= 0.6 is 7.82 Å². The Balaban J connectivity index is 4.58. The average molecular weight is 712 g/mol. The van der Waals surface area contributed by atoms with Gasteiger partial charge in [0.1, 0.15) is 13.2 Å². The van der Waals surface area contributed by atoms with Gasteiger partial charge in [-0.3, -0.25) is 13.8 Å². The fraction of sp³-hybridized carbons (Fsp3) is 0.775. The molecule has 0 aromatic heterocycles. The molecule has 3 atom stereocenters. The second-order valence-electron chi connectivity index (χ2n) is 14.3. The van der Waals surface area contributed by atoms with Crippen LogP contribution in [0.1, 0.15) is 149 Å². The summed E-state index contributed by atoms with van der Waals surface area (Å²) in [5.41, 5.74) is 0. The van der Waals surface area contributed by atoms with Crippen LogP contribution in [0.15, 0.2) is 48.6 Å². The van der Waals surface area contributed by atoms with Crippen molar-refractivity contribution < 1.29 is 32.9 Å². The van der Waals surface area contributed by atoms with Crippen molar-refractivity contribution in [3.05, 3.63) is 48.6 Å². The van der Waals surface area contributed by atoms with Crippen molar-refractivity contribution in [1.29, 1.82) is 0 Å². The average Bonchev–Trinajstić information content (AvgIpc) is 3.04. The topological polar surface area (TPSA) is 105 Å². The number of likely N-dealkylation sites (N-methyl/N-ethyl adjacent to an activating group) is 1. The Labute approximate surface area is 301 Å². The third-order valence-electron chi connectivity index (χ3n) is 8.25. The van der Waals surface area contributed by atoms with Crippen LogP contribution in [0.4, 0.5) is 0 Å². The molecule has 0 aromatic carbocycles. The van der Waals surface area contributed by atoms with E-state index in [1.54, 1.807) is 6.08 Å². The highest BCUT2D eigenvalue weighted by Crippen LogP contribution is 2.43. The monoisotopic (exact) mass is 712 g/mol. The zero-order valence-corrected chi connectivity index (χ0v) is 33.1. The molecule has 0 saturated heterocycles. The summed E-state index contributed by atoms with van der Waals surface area (Å²) < 4.78 is 23.4. The molecule has 286 valence electrons. The Morgan fingerprint density at radius 3 is 1.69 bits per heavy atom. The fourth-order valence-corrected chi connectivity index (χ4v) is 5.79. The van der Waals surface area contributed by atoms with Crippen LogP contribution in [-0.4, -0.2) is 73.4 Å². The molecule has 0 heterocycles. The van der Waals surface area contributed by atoms with Gasteiger partial charge in [0.05, 0.1) is 39.9 Å². The summed E-state index contributed by atoms with van der Waals surface area (Å²) in [7, 11) is 1.53. The third-order valence-corrected chi connectivity index (χ3v) is 9.23. The number of unbranched alkanes of at least 4 members (excludes halogenated alkanes) is 15. The van der Waals surface area contributed by atoms with Crippen molar-refractivity contribution >= 4 is 13.7 Å². The number of quaternary nitrogens is 1. The molecular weight excluding hydrogens is 635 g/mol. The number of amides is 1. The Hall–Kier alpha value is -1.54. The molecule has 0 spiro atoms. The minimum Gasteiger partial charge on any atom is -0.387 e. The van der Waals surface area contributed by atoms with E-state index in [9.17, 15) is 19.4 Å². The number of phosphoric acid groups is 1. The minimum atomic E-state index is -4.34. The quantitative estimate of drug-likeness (QED) is 0.0266. The maximum absolute atomic E-state index is 12.8. The summed E-state index contributed by atoms with van der Waals surface area (Å²) in [6, 6.07) is -0.869. The van der Waals surface area contributed by atoms with Crippen molar-refractivity contribution in [2.45, 2.75) is 161 Å². The summed E-state index contributed by atoms with van der Waals surface area (Å²) in [4.78, 5) is 23.0. The van der Waals surface area contributed by atoms with E-state index >= 15 is 0 Å². The van der Waals surface area contributed by atoms with Crippen molar-refractivity contribution in [3.63, 3.8) is 0 Å². The van der Waals surface area contributed by atoms with E-state index in [-0.39, 0.29) is 19.1 Å². The van der Waals surface area contributed by atoms with Crippen LogP contribution in [0, 0.1) is 0 Å². The molecule has 3 unspecified atom stereocenters. The number of aliphatic hydroxyl groups excluding tert-OH is 1. The number of hydrogen-bond acceptors (Lipinski definition) is 5. The molecule has 3 N–H and O–H groups in total. The van der Waals surface area contributed by atoms with Gasteiger partial charge in [0.25, 0.3) is 0 Å². The van der Waals surface area contributed by atoms with E-state index in [1.165, 1.54) is 77.0 Å². The molecule has 49 heavy (non-hydrogen) atoms. The van der Waals surface area contributed by atoms with Crippen LogP contribution in [0.3, 0.4) is 0 Å². The van der Waals surface area contributed by atoms with Gasteiger partial charge >= 0.3 is 7.82 Å². The Bertz CT molecular complexity index is 944. The summed E-state index contributed by atoms with van der Waals surface area (Å²) >= 11 is 0. The Morgan fingerprint density at radius 1 is 0.673 bits per heavy atom. The number of aliphatic hydroxyl groups is 1. The van der Waals surface area contributed by atoms with Gasteiger partial charge in [-0.2, -0.15) is 0 Å². The highest BCUT2D eigenvalue weighted by atomic mass is 31.2. The van der Waals surface area contributed by atoms with Gasteiger partial charge in [0, 0.05) is 6.42 Å². The van der Waals surface area contributed by atoms with Crippen LogP contribution in [-0.2, 0) is 18.4 Å². The second kappa shape index (κ2) is 32.4. The molecule has 0 bridgehead atoms. The van der Waals surface area contributed by atoms with Gasteiger partial charge in [-0.15, -0.1) is 0 Å². The number of carbonyl (C=O) groups excluding carboxylic acids is 1. The van der Waals surface area contributed by atoms with Gasteiger partial charge in [0.15, 0.2) is 0 Å². The first-order valence-corrected chi connectivity index (χ1v) is 21.0. The lowest BCUT2D eigenvalue weighted by molar-refractivity contribution is -0.870. The smallest absolute Gasteiger partial charge is 0.387 e. The van der Waals surface area contributed by atoms with E-state index in [1.807, 2.05) is 27.2 Å². The standard InChI is InChI=1S/C40H75N2O6P/c1-6-8-10-12-14-16-18-20-21-22-24-26-28-30-32-34-40(44)41-38(37-48-49(45,46)47-36-35-42(3,4)5)39(43)33-31-29-27-25-23-19-17-15-13-11-9-7-2/h13,15-16,18,23,25,31,33,38-39,43H,6-12,14,17,19-22,24,26-30,32,34-37H2,1-5H3,(H-,41,44,45,46)/p+1/b15-13+,18-16-,25-23+,33-31+.